The van der Waals surface area contributed by atoms with Crippen molar-refractivity contribution >= 4 is 27.5 Å². The molecule has 1 aromatic heterocycles. The summed E-state index contributed by atoms with van der Waals surface area (Å²) in [4.78, 5) is 12.4. The van der Waals surface area contributed by atoms with Gasteiger partial charge in [-0.25, -0.2) is 8.42 Å². The summed E-state index contributed by atoms with van der Waals surface area (Å²) in [7, 11) is -3.03. The van der Waals surface area contributed by atoms with E-state index in [1.807, 2.05) is 32.0 Å². The molecule has 2 atom stereocenters. The molecule has 2 heterocycles. The molecule has 2 aromatic rings. The second kappa shape index (κ2) is 7.36. The third-order valence-corrected chi connectivity index (χ3v) is 7.05. The van der Waals surface area contributed by atoms with E-state index in [1.54, 1.807) is 11.6 Å². The van der Waals surface area contributed by atoms with Crippen molar-refractivity contribution in [2.45, 2.75) is 43.6 Å². The number of hydrogen-bond donors (Lipinski definition) is 1. The molecule has 26 heavy (non-hydrogen) atoms. The number of nitrogens with one attached hydrogen (secondary N) is 1. The molecule has 1 N–H and O–H groups in total. The number of hydrogen-bond acceptors (Lipinski definition) is 7. The maximum absolute atomic E-state index is 12.4. The average molecular weight is 396 g/mol. The average Bonchev–Trinajstić information content (AvgIpc) is 3.13. The zero-order chi connectivity index (χ0) is 18.9. The van der Waals surface area contributed by atoms with E-state index in [0.29, 0.717) is 11.6 Å². The second-order valence-electron chi connectivity index (χ2n) is 6.53. The van der Waals surface area contributed by atoms with Crippen LogP contribution >= 0.6 is 11.8 Å². The highest BCUT2D eigenvalue weighted by atomic mass is 32.2. The Kier molecular flexibility index (Phi) is 5.33. The summed E-state index contributed by atoms with van der Waals surface area (Å²) >= 11 is 1.24. The van der Waals surface area contributed by atoms with Crippen molar-refractivity contribution in [3.8, 4) is 5.69 Å². The van der Waals surface area contributed by atoms with Crippen molar-refractivity contribution in [1.82, 2.24) is 25.5 Å². The van der Waals surface area contributed by atoms with E-state index in [4.69, 9.17) is 0 Å². The van der Waals surface area contributed by atoms with E-state index >= 15 is 0 Å². The minimum absolute atomic E-state index is 0.0103. The minimum atomic E-state index is -3.03. The van der Waals surface area contributed by atoms with Gasteiger partial charge in [0.05, 0.1) is 22.4 Å². The number of benzene rings is 1. The fourth-order valence-corrected chi connectivity index (χ4v) is 5.37. The van der Waals surface area contributed by atoms with Crippen LogP contribution < -0.4 is 5.32 Å². The first-order valence-electron chi connectivity index (χ1n) is 8.28. The van der Waals surface area contributed by atoms with Gasteiger partial charge < -0.3 is 5.32 Å². The van der Waals surface area contributed by atoms with Gasteiger partial charge in [-0.15, -0.1) is 5.10 Å². The standard InChI is InChI=1S/C16H21N5O3S2/c1-10-4-5-14(11(2)8-10)21-16(18-19-20-21)25-12(3)15(22)17-13-6-7-26(23,24)9-13/h4-5,8,12-13H,6-7,9H2,1-3H3,(H,17,22)/t12-,13+/m0/s1. The number of thioether (sulfide) groups is 1. The number of nitrogens with zero attached hydrogens (tertiary/aromatic N) is 4. The van der Waals surface area contributed by atoms with E-state index in [1.165, 1.54) is 11.8 Å². The molecule has 1 fully saturated rings. The van der Waals surface area contributed by atoms with E-state index < -0.39 is 15.1 Å². The maximum atomic E-state index is 12.4. The summed E-state index contributed by atoms with van der Waals surface area (Å²) < 4.78 is 24.7. The molecule has 0 unspecified atom stereocenters. The highest BCUT2D eigenvalue weighted by Crippen LogP contribution is 2.25. The SMILES string of the molecule is Cc1ccc(-n2nnnc2S[C@@H](C)C(=O)N[C@@H]2CCS(=O)(=O)C2)c(C)c1. The third kappa shape index (κ3) is 4.24. The van der Waals surface area contributed by atoms with Gasteiger partial charge in [0.2, 0.25) is 11.1 Å². The van der Waals surface area contributed by atoms with Crippen molar-refractivity contribution in [2.75, 3.05) is 11.5 Å². The van der Waals surface area contributed by atoms with Gasteiger partial charge in [-0.3, -0.25) is 4.79 Å². The van der Waals surface area contributed by atoms with Crippen LogP contribution in [0, 0.1) is 13.8 Å². The van der Waals surface area contributed by atoms with E-state index in [2.05, 4.69) is 20.8 Å². The Morgan fingerprint density at radius 1 is 1.38 bits per heavy atom. The normalized spacial score (nSPS) is 20.0. The molecule has 0 bridgehead atoms. The molecule has 140 valence electrons. The summed E-state index contributed by atoms with van der Waals surface area (Å²) in [6, 6.07) is 5.65. The van der Waals surface area contributed by atoms with Crippen molar-refractivity contribution < 1.29 is 13.2 Å². The van der Waals surface area contributed by atoms with Gasteiger partial charge in [0.25, 0.3) is 0 Å². The summed E-state index contributed by atoms with van der Waals surface area (Å²) in [5.74, 6) is -0.0758. The van der Waals surface area contributed by atoms with Gasteiger partial charge >= 0.3 is 0 Å². The van der Waals surface area contributed by atoms with Gasteiger partial charge in [0.15, 0.2) is 9.84 Å². The Morgan fingerprint density at radius 3 is 2.81 bits per heavy atom. The Balaban J connectivity index is 1.69. The van der Waals surface area contributed by atoms with Crippen LogP contribution in [0.3, 0.4) is 0 Å². The minimum Gasteiger partial charge on any atom is -0.351 e. The fourth-order valence-electron chi connectivity index (χ4n) is 2.89. The maximum Gasteiger partial charge on any atom is 0.233 e. The van der Waals surface area contributed by atoms with Crippen LogP contribution in [0.1, 0.15) is 24.5 Å². The van der Waals surface area contributed by atoms with Gasteiger partial charge in [-0.1, -0.05) is 29.5 Å². The summed E-state index contributed by atoms with van der Waals surface area (Å²) in [6.45, 7) is 5.75. The van der Waals surface area contributed by atoms with Crippen molar-refractivity contribution in [3.05, 3.63) is 29.3 Å². The Morgan fingerprint density at radius 2 is 2.15 bits per heavy atom. The first-order valence-corrected chi connectivity index (χ1v) is 11.0. The van der Waals surface area contributed by atoms with E-state index in [9.17, 15) is 13.2 Å². The first-order chi connectivity index (χ1) is 12.2. The zero-order valence-corrected chi connectivity index (χ0v) is 16.5. The van der Waals surface area contributed by atoms with Crippen LogP contribution in [-0.4, -0.2) is 57.3 Å². The molecule has 1 aliphatic rings. The van der Waals surface area contributed by atoms with Crippen molar-refractivity contribution in [1.29, 1.82) is 0 Å². The number of aryl methyl sites for hydroxylation is 2. The lowest BCUT2D eigenvalue weighted by Crippen LogP contribution is -2.40. The highest BCUT2D eigenvalue weighted by molar-refractivity contribution is 8.00. The molecular formula is C16H21N5O3S2. The predicted octanol–water partition coefficient (Wildman–Crippen LogP) is 1.06. The monoisotopic (exact) mass is 395 g/mol. The van der Waals surface area contributed by atoms with Gasteiger partial charge in [-0.05, 0) is 49.2 Å². The predicted molar refractivity (Wildman–Crippen MR) is 99.1 cm³/mol. The molecule has 0 aliphatic carbocycles. The van der Waals surface area contributed by atoms with Crippen molar-refractivity contribution in [3.63, 3.8) is 0 Å². The van der Waals surface area contributed by atoms with Crippen LogP contribution in [0.5, 0.6) is 0 Å². The number of rotatable bonds is 5. The molecule has 3 rings (SSSR count). The van der Waals surface area contributed by atoms with Crippen LogP contribution in [0.4, 0.5) is 0 Å². The molecule has 0 spiro atoms. The number of carbonyl (C=O) groups excluding carboxylic acids is 1. The number of carbonyl (C=O) groups is 1. The number of amides is 1. The molecule has 1 saturated heterocycles. The third-order valence-electron chi connectivity index (χ3n) is 4.25. The Bertz CT molecular complexity index is 926. The Labute approximate surface area is 156 Å². The lowest BCUT2D eigenvalue weighted by Gasteiger charge is -2.15. The molecule has 10 heteroatoms. The molecule has 8 nitrogen and oxygen atoms in total. The summed E-state index contributed by atoms with van der Waals surface area (Å²) in [5, 5.41) is 14.7. The molecule has 1 aliphatic heterocycles. The van der Waals surface area contributed by atoms with Crippen molar-refractivity contribution in [2.24, 2.45) is 0 Å². The van der Waals surface area contributed by atoms with Crippen LogP contribution in [0.15, 0.2) is 23.4 Å². The number of sulfone groups is 1. The zero-order valence-electron chi connectivity index (χ0n) is 14.8. The second-order valence-corrected chi connectivity index (χ2v) is 10.1. The number of aromatic nitrogens is 4. The topological polar surface area (TPSA) is 107 Å². The summed E-state index contributed by atoms with van der Waals surface area (Å²) in [5.41, 5.74) is 3.04. The van der Waals surface area contributed by atoms with E-state index in [0.717, 1.165) is 16.8 Å². The van der Waals surface area contributed by atoms with Gasteiger partial charge in [0.1, 0.15) is 0 Å². The highest BCUT2D eigenvalue weighted by Gasteiger charge is 2.30. The van der Waals surface area contributed by atoms with Gasteiger partial charge in [0, 0.05) is 6.04 Å². The largest absolute Gasteiger partial charge is 0.351 e. The van der Waals surface area contributed by atoms with Crippen LogP contribution in [-0.2, 0) is 14.6 Å². The summed E-state index contributed by atoms with van der Waals surface area (Å²) in [6.07, 6.45) is 0.464. The first kappa shape index (κ1) is 18.8. The van der Waals surface area contributed by atoms with E-state index in [-0.39, 0.29) is 23.5 Å². The van der Waals surface area contributed by atoms with Crippen LogP contribution in [0.2, 0.25) is 0 Å². The van der Waals surface area contributed by atoms with Crippen LogP contribution in [0.25, 0.3) is 5.69 Å². The smallest absolute Gasteiger partial charge is 0.233 e. The number of tetrazole rings is 1. The lowest BCUT2D eigenvalue weighted by atomic mass is 10.1. The fraction of sp³-hybridized carbons (Fsp3) is 0.500. The molecule has 1 aromatic carbocycles. The molecule has 0 radical (unpaired) electrons. The molecular weight excluding hydrogens is 374 g/mol. The molecule has 1 amide bonds. The lowest BCUT2D eigenvalue weighted by molar-refractivity contribution is -0.120. The quantitative estimate of drug-likeness (QED) is 0.755. The molecule has 0 saturated carbocycles. The Hall–Kier alpha value is -1.94. The van der Waals surface area contributed by atoms with Gasteiger partial charge in [-0.2, -0.15) is 4.68 Å².